The monoisotopic (exact) mass is 218 g/mol. The molecule has 0 aromatic rings. The van der Waals surface area contributed by atoms with Crippen LogP contribution in [0.25, 0.3) is 0 Å². The molecule has 0 aromatic heterocycles. The largest absolute Gasteiger partial charge is 0.480 e. The minimum absolute atomic E-state index is 0.414. The molecule has 0 bridgehead atoms. The van der Waals surface area contributed by atoms with Crippen LogP contribution < -0.4 is 5.32 Å². The van der Waals surface area contributed by atoms with Gasteiger partial charge >= 0.3 is 12.0 Å². The van der Waals surface area contributed by atoms with Crippen LogP contribution in [0.2, 0.25) is 0 Å². The van der Waals surface area contributed by atoms with Crippen molar-refractivity contribution in [3.63, 3.8) is 0 Å². The van der Waals surface area contributed by atoms with Gasteiger partial charge in [-0.1, -0.05) is 0 Å². The molecule has 0 radical (unpaired) electrons. The molecule has 2 N–H and O–H groups in total. The van der Waals surface area contributed by atoms with Gasteiger partial charge in [-0.15, -0.1) is 0 Å². The SMILES string of the molecule is COCCN(C)C(=O)NC(C)(C)C(=O)O. The number of ether oxygens (including phenoxy) is 1. The van der Waals surface area contributed by atoms with Crippen molar-refractivity contribution in [2.24, 2.45) is 0 Å². The first-order valence-electron chi connectivity index (χ1n) is 4.57. The van der Waals surface area contributed by atoms with Gasteiger partial charge in [-0.2, -0.15) is 0 Å². The van der Waals surface area contributed by atoms with Crippen molar-refractivity contribution in [3.05, 3.63) is 0 Å². The summed E-state index contributed by atoms with van der Waals surface area (Å²) in [5.74, 6) is -1.07. The summed E-state index contributed by atoms with van der Waals surface area (Å²) in [5.41, 5.74) is -1.27. The van der Waals surface area contributed by atoms with Crippen molar-refractivity contribution in [2.75, 3.05) is 27.3 Å². The fraction of sp³-hybridized carbons (Fsp3) is 0.778. The van der Waals surface area contributed by atoms with Gasteiger partial charge in [0.15, 0.2) is 0 Å². The third-order valence-corrected chi connectivity index (χ3v) is 1.93. The number of hydrogen-bond acceptors (Lipinski definition) is 3. The molecule has 0 unspecified atom stereocenters. The van der Waals surface area contributed by atoms with Gasteiger partial charge in [-0.05, 0) is 13.8 Å². The number of aliphatic carboxylic acids is 1. The third-order valence-electron chi connectivity index (χ3n) is 1.93. The zero-order valence-electron chi connectivity index (χ0n) is 9.53. The van der Waals surface area contributed by atoms with Crippen molar-refractivity contribution >= 4 is 12.0 Å². The Morgan fingerprint density at radius 1 is 1.47 bits per heavy atom. The lowest BCUT2D eigenvalue weighted by molar-refractivity contribution is -0.143. The molecule has 88 valence electrons. The summed E-state index contributed by atoms with van der Waals surface area (Å²) in [6.07, 6.45) is 0. The van der Waals surface area contributed by atoms with E-state index in [4.69, 9.17) is 9.84 Å². The summed E-state index contributed by atoms with van der Waals surface area (Å²) in [6, 6.07) is -0.431. The fourth-order valence-corrected chi connectivity index (χ4v) is 0.746. The normalized spacial score (nSPS) is 10.9. The van der Waals surface area contributed by atoms with E-state index in [0.29, 0.717) is 13.2 Å². The smallest absolute Gasteiger partial charge is 0.328 e. The lowest BCUT2D eigenvalue weighted by Crippen LogP contribution is -2.53. The Morgan fingerprint density at radius 3 is 2.40 bits per heavy atom. The van der Waals surface area contributed by atoms with Crippen LogP contribution in [0, 0.1) is 0 Å². The first kappa shape index (κ1) is 13.7. The maximum Gasteiger partial charge on any atom is 0.328 e. The molecule has 2 amide bonds. The van der Waals surface area contributed by atoms with Gasteiger partial charge in [0.25, 0.3) is 0 Å². The zero-order chi connectivity index (χ0) is 12.1. The molecule has 6 nitrogen and oxygen atoms in total. The fourth-order valence-electron chi connectivity index (χ4n) is 0.746. The zero-order valence-corrected chi connectivity index (χ0v) is 9.53. The lowest BCUT2D eigenvalue weighted by Gasteiger charge is -2.25. The van der Waals surface area contributed by atoms with E-state index in [2.05, 4.69) is 5.32 Å². The van der Waals surface area contributed by atoms with Crippen LogP contribution in [0.4, 0.5) is 4.79 Å². The molecule has 15 heavy (non-hydrogen) atoms. The van der Waals surface area contributed by atoms with E-state index in [9.17, 15) is 9.59 Å². The molecule has 0 aliphatic rings. The Morgan fingerprint density at radius 2 is 2.00 bits per heavy atom. The topological polar surface area (TPSA) is 78.9 Å². The Bertz CT molecular complexity index is 240. The van der Waals surface area contributed by atoms with Crippen molar-refractivity contribution in [1.29, 1.82) is 0 Å². The number of carbonyl (C=O) groups excluding carboxylic acids is 1. The van der Waals surface area contributed by atoms with Gasteiger partial charge in [0.05, 0.1) is 6.61 Å². The number of nitrogens with one attached hydrogen (secondary N) is 1. The van der Waals surface area contributed by atoms with E-state index in [1.165, 1.54) is 25.9 Å². The van der Waals surface area contributed by atoms with E-state index >= 15 is 0 Å². The van der Waals surface area contributed by atoms with Gasteiger partial charge in [0.1, 0.15) is 5.54 Å². The number of rotatable bonds is 5. The first-order valence-corrected chi connectivity index (χ1v) is 4.57. The molecule has 0 fully saturated rings. The molecular formula is C9H18N2O4. The highest BCUT2D eigenvalue weighted by molar-refractivity contribution is 5.85. The number of likely N-dealkylation sites (N-methyl/N-ethyl adjacent to an activating group) is 1. The number of urea groups is 1. The van der Waals surface area contributed by atoms with Crippen molar-refractivity contribution < 1.29 is 19.4 Å². The summed E-state index contributed by atoms with van der Waals surface area (Å²) in [7, 11) is 3.11. The summed E-state index contributed by atoms with van der Waals surface area (Å²) in [4.78, 5) is 23.6. The van der Waals surface area contributed by atoms with E-state index < -0.39 is 17.5 Å². The number of carboxylic acid groups (broad SMARTS) is 1. The van der Waals surface area contributed by atoms with Gasteiger partial charge in [0, 0.05) is 20.7 Å². The van der Waals surface area contributed by atoms with E-state index in [1.807, 2.05) is 0 Å². The Balaban J connectivity index is 4.18. The molecule has 0 spiro atoms. The molecule has 0 heterocycles. The summed E-state index contributed by atoms with van der Waals surface area (Å²) < 4.78 is 4.80. The number of hydrogen-bond donors (Lipinski definition) is 2. The number of carbonyl (C=O) groups is 2. The Labute approximate surface area is 89.2 Å². The molecule has 0 saturated heterocycles. The molecule has 0 rings (SSSR count). The van der Waals surface area contributed by atoms with Crippen molar-refractivity contribution in [3.8, 4) is 0 Å². The predicted molar refractivity (Wildman–Crippen MR) is 54.8 cm³/mol. The van der Waals surface area contributed by atoms with Crippen molar-refractivity contribution in [1.82, 2.24) is 10.2 Å². The standard InChI is InChI=1S/C9H18N2O4/c1-9(2,7(12)13)10-8(14)11(3)5-6-15-4/h5-6H2,1-4H3,(H,10,14)(H,12,13). The second-order valence-electron chi connectivity index (χ2n) is 3.77. The van der Waals surface area contributed by atoms with E-state index in [1.54, 1.807) is 7.05 Å². The number of amides is 2. The van der Waals surface area contributed by atoms with Crippen LogP contribution in [0.5, 0.6) is 0 Å². The minimum atomic E-state index is -1.27. The average Bonchev–Trinajstić information content (AvgIpc) is 2.13. The second kappa shape index (κ2) is 5.55. The van der Waals surface area contributed by atoms with Gasteiger partial charge < -0.3 is 20.1 Å². The van der Waals surface area contributed by atoms with E-state index in [-0.39, 0.29) is 0 Å². The predicted octanol–water partition coefficient (Wildman–Crippen LogP) is 0.137. The van der Waals surface area contributed by atoms with Crippen LogP contribution in [-0.4, -0.2) is 54.9 Å². The second-order valence-corrected chi connectivity index (χ2v) is 3.77. The van der Waals surface area contributed by atoms with Crippen LogP contribution >= 0.6 is 0 Å². The highest BCUT2D eigenvalue weighted by Crippen LogP contribution is 2.02. The molecule has 0 aliphatic heterocycles. The highest BCUT2D eigenvalue weighted by atomic mass is 16.5. The number of carboxylic acids is 1. The highest BCUT2D eigenvalue weighted by Gasteiger charge is 2.29. The summed E-state index contributed by atoms with van der Waals surface area (Å²) >= 11 is 0. The van der Waals surface area contributed by atoms with Gasteiger partial charge in [0.2, 0.25) is 0 Å². The van der Waals surface area contributed by atoms with E-state index in [0.717, 1.165) is 0 Å². The first-order chi connectivity index (χ1) is 6.81. The third kappa shape index (κ3) is 4.64. The lowest BCUT2D eigenvalue weighted by atomic mass is 10.1. The molecule has 0 aromatic carbocycles. The molecule has 0 aliphatic carbocycles. The maximum absolute atomic E-state index is 11.5. The van der Waals surface area contributed by atoms with Gasteiger partial charge in [-0.25, -0.2) is 9.59 Å². The van der Waals surface area contributed by atoms with Crippen LogP contribution in [0.1, 0.15) is 13.8 Å². The summed E-state index contributed by atoms with van der Waals surface area (Å²) in [6.45, 7) is 3.68. The average molecular weight is 218 g/mol. The molecular weight excluding hydrogens is 200 g/mol. The van der Waals surface area contributed by atoms with Crippen molar-refractivity contribution in [2.45, 2.75) is 19.4 Å². The quantitative estimate of drug-likeness (QED) is 0.688. The number of methoxy groups -OCH3 is 1. The molecule has 6 heteroatoms. The van der Waals surface area contributed by atoms with Gasteiger partial charge in [-0.3, -0.25) is 0 Å². The Hall–Kier alpha value is -1.30. The maximum atomic E-state index is 11.5. The minimum Gasteiger partial charge on any atom is -0.480 e. The van der Waals surface area contributed by atoms with Crippen LogP contribution in [-0.2, 0) is 9.53 Å². The van der Waals surface area contributed by atoms with Crippen LogP contribution in [0.3, 0.4) is 0 Å². The Kier molecular flexibility index (Phi) is 5.07. The molecule has 0 atom stereocenters. The summed E-state index contributed by atoms with van der Waals surface area (Å²) in [5, 5.41) is 11.2. The van der Waals surface area contributed by atoms with Crippen LogP contribution in [0.15, 0.2) is 0 Å². The number of nitrogens with zero attached hydrogens (tertiary/aromatic N) is 1. The molecule has 0 saturated carbocycles.